The molecular weight excluding hydrogens is 288 g/mol. The van der Waals surface area contributed by atoms with Crippen LogP contribution in [0.25, 0.3) is 0 Å². The molecular formula is C14H16N4O2S. The molecule has 2 aromatic rings. The second-order valence-corrected chi connectivity index (χ2v) is 5.62. The number of ether oxygens (including phenoxy) is 2. The van der Waals surface area contributed by atoms with E-state index in [1.807, 2.05) is 42.8 Å². The Kier molecular flexibility index (Phi) is 5.06. The van der Waals surface area contributed by atoms with Gasteiger partial charge in [0.05, 0.1) is 18.4 Å². The molecule has 6 nitrogen and oxygen atoms in total. The Bertz CT molecular complexity index is 633. The third-order valence-corrected chi connectivity index (χ3v) is 3.84. The summed E-state index contributed by atoms with van der Waals surface area (Å²) in [5.41, 5.74) is 0. The quantitative estimate of drug-likeness (QED) is 0.763. The molecule has 0 unspecified atom stereocenters. The van der Waals surface area contributed by atoms with E-state index >= 15 is 0 Å². The first-order valence-corrected chi connectivity index (χ1v) is 7.23. The zero-order valence-corrected chi connectivity index (χ0v) is 12.9. The molecule has 1 heterocycles. The molecule has 0 N–H and O–H groups in total. The highest BCUT2D eigenvalue weighted by Gasteiger charge is 2.12. The number of aromatic nitrogens is 3. The van der Waals surface area contributed by atoms with Gasteiger partial charge in [0.25, 0.3) is 0 Å². The van der Waals surface area contributed by atoms with Crippen LogP contribution in [0.4, 0.5) is 0 Å². The summed E-state index contributed by atoms with van der Waals surface area (Å²) in [5.74, 6) is 2.22. The molecule has 110 valence electrons. The molecule has 0 saturated heterocycles. The van der Waals surface area contributed by atoms with Crippen LogP contribution >= 0.6 is 11.8 Å². The Hall–Kier alpha value is -2.20. The maximum atomic E-state index is 8.83. The molecule has 0 aliphatic heterocycles. The fourth-order valence-corrected chi connectivity index (χ4v) is 2.30. The Balaban J connectivity index is 1.98. The molecule has 0 amide bonds. The van der Waals surface area contributed by atoms with Gasteiger partial charge in [-0.3, -0.25) is 0 Å². The average Bonchev–Trinajstić information content (AvgIpc) is 2.86. The van der Waals surface area contributed by atoms with E-state index in [0.29, 0.717) is 17.6 Å². The van der Waals surface area contributed by atoms with E-state index in [-0.39, 0.29) is 5.25 Å². The van der Waals surface area contributed by atoms with Crippen LogP contribution in [-0.4, -0.2) is 27.1 Å². The van der Waals surface area contributed by atoms with Crippen molar-refractivity contribution >= 4 is 11.8 Å². The molecule has 7 heteroatoms. The normalized spacial score (nSPS) is 11.7. The highest BCUT2D eigenvalue weighted by atomic mass is 32.2. The number of hydrogen-bond acceptors (Lipinski definition) is 6. The number of thioether (sulfide) groups is 1. The Labute approximate surface area is 127 Å². The summed E-state index contributed by atoms with van der Waals surface area (Å²) in [6.45, 7) is 2.14. The van der Waals surface area contributed by atoms with Crippen LogP contribution in [0.5, 0.6) is 11.5 Å². The average molecular weight is 304 g/mol. The second kappa shape index (κ2) is 6.99. The molecule has 1 atom stereocenters. The van der Waals surface area contributed by atoms with Crippen LogP contribution in [0.15, 0.2) is 29.4 Å². The van der Waals surface area contributed by atoms with Gasteiger partial charge in [-0.2, -0.15) is 5.26 Å². The zero-order valence-electron chi connectivity index (χ0n) is 12.1. The molecule has 0 spiro atoms. The van der Waals surface area contributed by atoms with Gasteiger partial charge in [0.1, 0.15) is 18.1 Å². The Morgan fingerprint density at radius 2 is 1.95 bits per heavy atom. The molecule has 1 aromatic heterocycles. The van der Waals surface area contributed by atoms with Crippen molar-refractivity contribution in [3.63, 3.8) is 0 Å². The monoisotopic (exact) mass is 304 g/mol. The van der Waals surface area contributed by atoms with Gasteiger partial charge in [0, 0.05) is 7.05 Å². The zero-order chi connectivity index (χ0) is 15.2. The van der Waals surface area contributed by atoms with Crippen LogP contribution in [0, 0.1) is 11.3 Å². The first-order valence-electron chi connectivity index (χ1n) is 6.35. The van der Waals surface area contributed by atoms with Crippen LogP contribution in [-0.2, 0) is 13.7 Å². The van der Waals surface area contributed by atoms with Crippen LogP contribution in [0.3, 0.4) is 0 Å². The minimum Gasteiger partial charge on any atom is -0.497 e. The number of nitrogens with zero attached hydrogens (tertiary/aromatic N) is 4. The van der Waals surface area contributed by atoms with Gasteiger partial charge in [-0.05, 0) is 31.2 Å². The number of benzene rings is 1. The van der Waals surface area contributed by atoms with E-state index in [0.717, 1.165) is 11.5 Å². The predicted molar refractivity (Wildman–Crippen MR) is 79.3 cm³/mol. The molecule has 1 aromatic carbocycles. The van der Waals surface area contributed by atoms with Crippen molar-refractivity contribution in [1.82, 2.24) is 14.8 Å². The highest BCUT2D eigenvalue weighted by Crippen LogP contribution is 2.22. The third kappa shape index (κ3) is 3.89. The molecule has 2 rings (SSSR count). The van der Waals surface area contributed by atoms with Crippen LogP contribution < -0.4 is 9.47 Å². The lowest BCUT2D eigenvalue weighted by atomic mass is 10.3. The molecule has 0 fully saturated rings. The topological polar surface area (TPSA) is 73.0 Å². The summed E-state index contributed by atoms with van der Waals surface area (Å²) in [6, 6.07) is 9.50. The fourth-order valence-electron chi connectivity index (χ4n) is 1.58. The minimum absolute atomic E-state index is 0.164. The molecule has 21 heavy (non-hydrogen) atoms. The molecule has 0 aliphatic carbocycles. The van der Waals surface area contributed by atoms with Gasteiger partial charge < -0.3 is 14.0 Å². The largest absolute Gasteiger partial charge is 0.497 e. The van der Waals surface area contributed by atoms with Crippen LogP contribution in [0.1, 0.15) is 12.7 Å². The lowest BCUT2D eigenvalue weighted by Crippen LogP contribution is -2.05. The molecule has 0 saturated carbocycles. The first kappa shape index (κ1) is 15.2. The lowest BCUT2D eigenvalue weighted by Gasteiger charge is -2.07. The van der Waals surface area contributed by atoms with Gasteiger partial charge in [0.15, 0.2) is 11.0 Å². The SMILES string of the molecule is COc1ccc(OCc2nnc(S[C@@H](C)C#N)n2C)cc1. The Morgan fingerprint density at radius 1 is 1.29 bits per heavy atom. The van der Waals surface area contributed by atoms with E-state index in [1.54, 1.807) is 7.11 Å². The van der Waals surface area contributed by atoms with E-state index < -0.39 is 0 Å². The maximum absolute atomic E-state index is 8.83. The van der Waals surface area contributed by atoms with E-state index in [9.17, 15) is 0 Å². The summed E-state index contributed by atoms with van der Waals surface area (Å²) in [4.78, 5) is 0. The Morgan fingerprint density at radius 3 is 2.57 bits per heavy atom. The van der Waals surface area contributed by atoms with Crippen molar-refractivity contribution in [2.45, 2.75) is 23.9 Å². The minimum atomic E-state index is -0.164. The maximum Gasteiger partial charge on any atom is 0.192 e. The number of hydrogen-bond donors (Lipinski definition) is 0. The first-order chi connectivity index (χ1) is 10.1. The van der Waals surface area contributed by atoms with E-state index in [2.05, 4.69) is 16.3 Å². The summed E-state index contributed by atoms with van der Waals surface area (Å²) in [6.07, 6.45) is 0. The summed E-state index contributed by atoms with van der Waals surface area (Å²) in [7, 11) is 3.48. The van der Waals surface area contributed by atoms with Crippen molar-refractivity contribution in [3.8, 4) is 17.6 Å². The van der Waals surface area contributed by atoms with Gasteiger partial charge in [-0.1, -0.05) is 11.8 Å². The molecule has 0 aliphatic rings. The van der Waals surface area contributed by atoms with E-state index in [1.165, 1.54) is 11.8 Å². The third-order valence-electron chi connectivity index (χ3n) is 2.82. The van der Waals surface area contributed by atoms with Crippen molar-refractivity contribution in [3.05, 3.63) is 30.1 Å². The highest BCUT2D eigenvalue weighted by molar-refractivity contribution is 8.00. The van der Waals surface area contributed by atoms with Crippen LogP contribution in [0.2, 0.25) is 0 Å². The van der Waals surface area contributed by atoms with E-state index in [4.69, 9.17) is 14.7 Å². The van der Waals surface area contributed by atoms with Gasteiger partial charge >= 0.3 is 0 Å². The molecule has 0 radical (unpaired) electrons. The smallest absolute Gasteiger partial charge is 0.192 e. The van der Waals surface area contributed by atoms with Crippen molar-refractivity contribution in [1.29, 1.82) is 5.26 Å². The van der Waals surface area contributed by atoms with Crippen molar-refractivity contribution in [2.24, 2.45) is 7.05 Å². The second-order valence-electron chi connectivity index (χ2n) is 4.31. The molecule has 0 bridgehead atoms. The standard InChI is InChI=1S/C14H16N4O2S/c1-10(8-15)21-14-17-16-13(18(14)2)9-20-12-6-4-11(19-3)5-7-12/h4-7,10H,9H2,1-3H3/t10-/m0/s1. The summed E-state index contributed by atoms with van der Waals surface area (Å²) >= 11 is 1.37. The summed E-state index contributed by atoms with van der Waals surface area (Å²) < 4.78 is 12.6. The number of nitriles is 1. The van der Waals surface area contributed by atoms with Gasteiger partial charge in [-0.25, -0.2) is 0 Å². The van der Waals surface area contributed by atoms with Gasteiger partial charge in [-0.15, -0.1) is 10.2 Å². The lowest BCUT2D eigenvalue weighted by molar-refractivity contribution is 0.290. The van der Waals surface area contributed by atoms with Crippen molar-refractivity contribution < 1.29 is 9.47 Å². The number of rotatable bonds is 6. The van der Waals surface area contributed by atoms with Crippen molar-refractivity contribution in [2.75, 3.05) is 7.11 Å². The number of methoxy groups -OCH3 is 1. The fraction of sp³-hybridized carbons (Fsp3) is 0.357. The predicted octanol–water partition coefficient (Wildman–Crippen LogP) is 2.41. The van der Waals surface area contributed by atoms with Gasteiger partial charge in [0.2, 0.25) is 0 Å². The summed E-state index contributed by atoms with van der Waals surface area (Å²) in [5, 5.41) is 17.5.